The number of hydrogen-bond donors (Lipinski definition) is 0. The molecular weight excluding hydrogens is 203 g/mol. The summed E-state index contributed by atoms with van der Waals surface area (Å²) >= 11 is 6.26. The monoisotopic (exact) mass is 216 g/mol. The van der Waals surface area contributed by atoms with Gasteiger partial charge < -0.3 is 4.74 Å². The number of methoxy groups -OCH3 is 1. The van der Waals surface area contributed by atoms with Gasteiger partial charge in [0.25, 0.3) is 0 Å². The van der Waals surface area contributed by atoms with E-state index in [0.717, 1.165) is 5.75 Å². The van der Waals surface area contributed by atoms with E-state index in [1.54, 1.807) is 7.11 Å². The van der Waals surface area contributed by atoms with Gasteiger partial charge in [-0.2, -0.15) is 0 Å². The molecule has 0 saturated heterocycles. The van der Waals surface area contributed by atoms with Crippen molar-refractivity contribution < 1.29 is 4.74 Å². The summed E-state index contributed by atoms with van der Waals surface area (Å²) < 4.78 is 5.07. The Morgan fingerprint density at radius 2 is 1.77 bits per heavy atom. The van der Waals surface area contributed by atoms with E-state index in [1.165, 1.54) is 5.30 Å². The minimum absolute atomic E-state index is 0.519. The number of hydrogen-bond acceptors (Lipinski definition) is 1. The fourth-order valence-electron chi connectivity index (χ4n) is 1.02. The zero-order chi connectivity index (χ0) is 9.84. The van der Waals surface area contributed by atoms with Gasteiger partial charge in [0.15, 0.2) is 0 Å². The molecule has 0 aliphatic rings. The smallest absolute Gasteiger partial charge is 0.118 e. The molecule has 1 aromatic rings. The van der Waals surface area contributed by atoms with E-state index in [9.17, 15) is 0 Å². The Hall–Kier alpha value is -0.260. The summed E-state index contributed by atoms with van der Waals surface area (Å²) in [5, 5.41) is 1.22. The average Bonchev–Trinajstić information content (AvgIpc) is 2.17. The van der Waals surface area contributed by atoms with Crippen molar-refractivity contribution in [3.63, 3.8) is 0 Å². The van der Waals surface area contributed by atoms with Crippen LogP contribution < -0.4 is 10.0 Å². The van der Waals surface area contributed by atoms with Gasteiger partial charge in [-0.1, -0.05) is 25.1 Å². The third kappa shape index (κ3) is 2.86. The van der Waals surface area contributed by atoms with Crippen molar-refractivity contribution in [2.45, 2.75) is 19.5 Å². The van der Waals surface area contributed by atoms with Crippen molar-refractivity contribution in [2.75, 3.05) is 7.11 Å². The van der Waals surface area contributed by atoms with Gasteiger partial charge in [0, 0.05) is 7.27 Å². The number of ether oxygens (including phenoxy) is 1. The van der Waals surface area contributed by atoms with Crippen molar-refractivity contribution >= 4 is 23.8 Å². The maximum absolute atomic E-state index is 6.26. The molecule has 1 rings (SSSR count). The van der Waals surface area contributed by atoms with Gasteiger partial charge in [-0.25, -0.2) is 0 Å². The van der Waals surface area contributed by atoms with E-state index in [0.29, 0.717) is 5.66 Å². The zero-order valence-electron chi connectivity index (χ0n) is 8.12. The van der Waals surface area contributed by atoms with E-state index in [-0.39, 0.29) is 0 Å². The van der Waals surface area contributed by atoms with Crippen molar-refractivity contribution in [3.05, 3.63) is 24.3 Å². The second-order valence-electron chi connectivity index (χ2n) is 3.10. The SMILES string of the molecule is COc1ccc(P(Cl)C(C)C)cc1. The second-order valence-corrected chi connectivity index (χ2v) is 6.37. The number of rotatable bonds is 3. The summed E-state index contributed by atoms with van der Waals surface area (Å²) in [7, 11) is 1.13. The molecule has 0 bridgehead atoms. The Kier molecular flexibility index (Phi) is 4.02. The Balaban J connectivity index is 2.79. The van der Waals surface area contributed by atoms with Gasteiger partial charge in [0.2, 0.25) is 0 Å². The van der Waals surface area contributed by atoms with Gasteiger partial charge in [-0.15, -0.1) is 0 Å². The molecule has 0 amide bonds. The molecule has 1 aromatic carbocycles. The fraction of sp³-hybridized carbons (Fsp3) is 0.400. The summed E-state index contributed by atoms with van der Waals surface area (Å²) in [5.41, 5.74) is 0.519. The minimum Gasteiger partial charge on any atom is -0.497 e. The summed E-state index contributed by atoms with van der Waals surface area (Å²) in [4.78, 5) is 0. The lowest BCUT2D eigenvalue weighted by Gasteiger charge is -2.13. The summed E-state index contributed by atoms with van der Waals surface area (Å²) in [5.74, 6) is 0.882. The van der Waals surface area contributed by atoms with Crippen molar-refractivity contribution in [1.82, 2.24) is 0 Å². The fourth-order valence-corrected chi connectivity index (χ4v) is 2.39. The summed E-state index contributed by atoms with van der Waals surface area (Å²) in [6.45, 7) is 4.28. The van der Waals surface area contributed by atoms with Crippen LogP contribution in [-0.2, 0) is 0 Å². The lowest BCUT2D eigenvalue weighted by molar-refractivity contribution is 0.415. The second kappa shape index (κ2) is 4.83. The van der Waals surface area contributed by atoms with Crippen LogP contribution in [0.15, 0.2) is 24.3 Å². The first-order valence-corrected chi connectivity index (χ1v) is 6.56. The molecule has 0 fully saturated rings. The lowest BCUT2D eigenvalue weighted by atomic mass is 10.3. The molecule has 0 spiro atoms. The van der Waals surface area contributed by atoms with Crippen molar-refractivity contribution in [1.29, 1.82) is 0 Å². The molecule has 1 unspecified atom stereocenters. The summed E-state index contributed by atoms with van der Waals surface area (Å²) in [6.07, 6.45) is 0. The highest BCUT2D eigenvalue weighted by Crippen LogP contribution is 2.45. The minimum atomic E-state index is -0.535. The van der Waals surface area contributed by atoms with E-state index < -0.39 is 7.27 Å². The third-order valence-corrected chi connectivity index (χ3v) is 5.23. The maximum Gasteiger partial charge on any atom is 0.118 e. The zero-order valence-corrected chi connectivity index (χ0v) is 9.77. The molecule has 0 N–H and O–H groups in total. The largest absolute Gasteiger partial charge is 0.497 e. The molecule has 0 radical (unpaired) electrons. The summed E-state index contributed by atoms with van der Waals surface area (Å²) in [6, 6.07) is 7.99. The molecule has 0 aliphatic heterocycles. The van der Waals surface area contributed by atoms with Crippen molar-refractivity contribution in [3.8, 4) is 5.75 Å². The van der Waals surface area contributed by atoms with Crippen LogP contribution in [0.1, 0.15) is 13.8 Å². The quantitative estimate of drug-likeness (QED) is 0.704. The topological polar surface area (TPSA) is 9.23 Å². The van der Waals surface area contributed by atoms with Gasteiger partial charge in [0.05, 0.1) is 7.11 Å². The molecule has 0 saturated carbocycles. The van der Waals surface area contributed by atoms with Crippen LogP contribution in [0.25, 0.3) is 0 Å². The maximum atomic E-state index is 6.26. The van der Waals surface area contributed by atoms with Gasteiger partial charge in [-0.3, -0.25) is 0 Å². The van der Waals surface area contributed by atoms with Crippen LogP contribution >= 0.6 is 18.5 Å². The van der Waals surface area contributed by atoms with E-state index in [1.807, 2.05) is 24.3 Å². The van der Waals surface area contributed by atoms with E-state index in [2.05, 4.69) is 13.8 Å². The number of halogens is 1. The van der Waals surface area contributed by atoms with Crippen LogP contribution in [-0.4, -0.2) is 12.8 Å². The van der Waals surface area contributed by atoms with Gasteiger partial charge in [-0.05, 0) is 35.2 Å². The first kappa shape index (κ1) is 10.8. The standard InChI is InChI=1S/C10H14ClOP/c1-8(2)13(11)10-6-4-9(12-3)5-7-10/h4-8H,1-3H3. The average molecular weight is 217 g/mol. The molecule has 3 heteroatoms. The molecule has 1 atom stereocenters. The van der Waals surface area contributed by atoms with Crippen LogP contribution in [0.2, 0.25) is 0 Å². The first-order chi connectivity index (χ1) is 6.15. The van der Waals surface area contributed by atoms with Gasteiger partial charge >= 0.3 is 0 Å². The van der Waals surface area contributed by atoms with Crippen LogP contribution in [0.3, 0.4) is 0 Å². The molecular formula is C10H14ClOP. The highest BCUT2D eigenvalue weighted by Gasteiger charge is 2.11. The molecule has 13 heavy (non-hydrogen) atoms. The Bertz CT molecular complexity index is 258. The van der Waals surface area contributed by atoms with Crippen LogP contribution in [0.5, 0.6) is 5.75 Å². The predicted molar refractivity (Wildman–Crippen MR) is 60.5 cm³/mol. The Morgan fingerprint density at radius 3 is 2.15 bits per heavy atom. The normalized spacial score (nSPS) is 13.0. The molecule has 0 aromatic heterocycles. The van der Waals surface area contributed by atoms with E-state index >= 15 is 0 Å². The molecule has 0 aliphatic carbocycles. The Labute approximate surface area is 85.6 Å². The highest BCUT2D eigenvalue weighted by molar-refractivity contribution is 7.90. The predicted octanol–water partition coefficient (Wildman–Crippen LogP) is 3.36. The van der Waals surface area contributed by atoms with Crippen LogP contribution in [0.4, 0.5) is 0 Å². The molecule has 1 nitrogen and oxygen atoms in total. The third-order valence-electron chi connectivity index (χ3n) is 1.77. The molecule has 72 valence electrons. The first-order valence-electron chi connectivity index (χ1n) is 4.24. The van der Waals surface area contributed by atoms with E-state index in [4.69, 9.17) is 16.0 Å². The van der Waals surface area contributed by atoms with Crippen molar-refractivity contribution in [2.24, 2.45) is 0 Å². The molecule has 0 heterocycles. The lowest BCUT2D eigenvalue weighted by Crippen LogP contribution is -2.03. The van der Waals surface area contributed by atoms with Crippen LogP contribution in [0, 0.1) is 0 Å². The van der Waals surface area contributed by atoms with Gasteiger partial charge in [0.1, 0.15) is 5.75 Å². The number of benzene rings is 1. The Morgan fingerprint density at radius 1 is 1.23 bits per heavy atom. The highest BCUT2D eigenvalue weighted by atomic mass is 35.7.